The normalized spacial score (nSPS) is 16.5. The number of amides is 1. The maximum absolute atomic E-state index is 12.8. The lowest BCUT2D eigenvalue weighted by Crippen LogP contribution is -2.32. The molecule has 0 saturated carbocycles. The summed E-state index contributed by atoms with van der Waals surface area (Å²) in [7, 11) is 1.97. The molecule has 1 aromatic carbocycles. The number of hydrogen-bond acceptors (Lipinski definition) is 3. The third kappa shape index (κ3) is 2.87. The molecule has 1 unspecified atom stereocenters. The van der Waals surface area contributed by atoms with E-state index in [-0.39, 0.29) is 11.9 Å². The zero-order valence-corrected chi connectivity index (χ0v) is 15.5. The summed E-state index contributed by atoms with van der Waals surface area (Å²) in [5, 5.41) is 8.70. The molecule has 2 heterocycles. The quantitative estimate of drug-likeness (QED) is 0.790. The molecule has 0 fully saturated rings. The predicted octanol–water partition coefficient (Wildman–Crippen LogP) is 3.32. The Bertz CT molecular complexity index is 989. The number of pyridine rings is 1. The van der Waals surface area contributed by atoms with Crippen molar-refractivity contribution in [2.45, 2.75) is 45.6 Å². The van der Waals surface area contributed by atoms with Crippen LogP contribution in [0.5, 0.6) is 0 Å². The Labute approximate surface area is 153 Å². The Morgan fingerprint density at radius 2 is 2.12 bits per heavy atom. The minimum atomic E-state index is 0.0509. The number of aryl methyl sites for hydroxylation is 3. The summed E-state index contributed by atoms with van der Waals surface area (Å²) in [6.45, 7) is 4.07. The van der Waals surface area contributed by atoms with Crippen LogP contribution in [0.3, 0.4) is 0 Å². The van der Waals surface area contributed by atoms with Crippen LogP contribution in [0, 0.1) is 13.8 Å². The fraction of sp³-hybridized carbons (Fsp3) is 0.381. The summed E-state index contributed by atoms with van der Waals surface area (Å²) in [5.41, 5.74) is 6.50. The minimum Gasteiger partial charge on any atom is -0.349 e. The van der Waals surface area contributed by atoms with E-state index in [0.717, 1.165) is 52.5 Å². The molecule has 134 valence electrons. The van der Waals surface area contributed by atoms with Gasteiger partial charge >= 0.3 is 0 Å². The summed E-state index contributed by atoms with van der Waals surface area (Å²) < 4.78 is 1.93. The standard InChI is InChI=1S/C21H24N4O/c1-13-15-7-4-5-8-18(15)23-14(2)16(13)11-21(26)24-19-9-6-10-20-17(19)12-22-25(20)3/h4-5,7-8,12,19H,6,9-11H2,1-3H3,(H,24,26). The van der Waals surface area contributed by atoms with Crippen LogP contribution in [0.1, 0.15) is 47.0 Å². The summed E-state index contributed by atoms with van der Waals surface area (Å²) in [4.78, 5) is 17.5. The van der Waals surface area contributed by atoms with Crippen molar-refractivity contribution in [1.29, 1.82) is 0 Å². The molecular formula is C21H24N4O. The first-order valence-corrected chi connectivity index (χ1v) is 9.19. The van der Waals surface area contributed by atoms with E-state index < -0.39 is 0 Å². The van der Waals surface area contributed by atoms with Crippen LogP contribution >= 0.6 is 0 Å². The predicted molar refractivity (Wildman–Crippen MR) is 102 cm³/mol. The van der Waals surface area contributed by atoms with Gasteiger partial charge in [-0.3, -0.25) is 14.5 Å². The molecule has 4 rings (SSSR count). The van der Waals surface area contributed by atoms with Crippen LogP contribution in [0.4, 0.5) is 0 Å². The van der Waals surface area contributed by atoms with Crippen molar-refractivity contribution in [2.75, 3.05) is 0 Å². The minimum absolute atomic E-state index is 0.0509. The lowest BCUT2D eigenvalue weighted by molar-refractivity contribution is -0.121. The monoisotopic (exact) mass is 348 g/mol. The molecule has 0 bridgehead atoms. The van der Waals surface area contributed by atoms with E-state index in [1.807, 2.05) is 43.0 Å². The molecule has 2 aromatic heterocycles. The molecule has 1 aliphatic rings. The lowest BCUT2D eigenvalue weighted by Gasteiger charge is -2.24. The number of para-hydroxylation sites is 1. The van der Waals surface area contributed by atoms with Crippen molar-refractivity contribution in [3.63, 3.8) is 0 Å². The average Bonchev–Trinajstić information content (AvgIpc) is 3.01. The van der Waals surface area contributed by atoms with Crippen molar-refractivity contribution in [1.82, 2.24) is 20.1 Å². The molecule has 0 spiro atoms. The van der Waals surface area contributed by atoms with Crippen LogP contribution in [0.15, 0.2) is 30.5 Å². The summed E-state index contributed by atoms with van der Waals surface area (Å²) >= 11 is 0. The number of carbonyl (C=O) groups excluding carboxylic acids is 1. The molecule has 3 aromatic rings. The lowest BCUT2D eigenvalue weighted by atomic mass is 9.92. The van der Waals surface area contributed by atoms with E-state index in [4.69, 9.17) is 0 Å². The second-order valence-electron chi connectivity index (χ2n) is 7.18. The Balaban J connectivity index is 1.57. The highest BCUT2D eigenvalue weighted by atomic mass is 16.1. The molecule has 0 aliphatic heterocycles. The van der Waals surface area contributed by atoms with Crippen molar-refractivity contribution < 1.29 is 4.79 Å². The van der Waals surface area contributed by atoms with Gasteiger partial charge in [-0.25, -0.2) is 0 Å². The Morgan fingerprint density at radius 3 is 2.96 bits per heavy atom. The third-order valence-electron chi connectivity index (χ3n) is 5.53. The zero-order chi connectivity index (χ0) is 18.3. The van der Waals surface area contributed by atoms with E-state index >= 15 is 0 Å². The fourth-order valence-corrected chi connectivity index (χ4v) is 4.09. The number of aromatic nitrogens is 3. The molecule has 1 amide bonds. The molecule has 0 saturated heterocycles. The van der Waals surface area contributed by atoms with Crippen LogP contribution < -0.4 is 5.32 Å². The van der Waals surface area contributed by atoms with Gasteiger partial charge in [0, 0.05) is 29.4 Å². The van der Waals surface area contributed by atoms with E-state index in [9.17, 15) is 4.79 Å². The van der Waals surface area contributed by atoms with Gasteiger partial charge in [0.15, 0.2) is 0 Å². The number of benzene rings is 1. The molecule has 1 aliphatic carbocycles. The van der Waals surface area contributed by atoms with E-state index in [1.165, 1.54) is 5.69 Å². The summed E-state index contributed by atoms with van der Waals surface area (Å²) in [6.07, 6.45) is 5.34. The molecule has 0 radical (unpaired) electrons. The van der Waals surface area contributed by atoms with Gasteiger partial charge in [-0.2, -0.15) is 5.10 Å². The van der Waals surface area contributed by atoms with Gasteiger partial charge < -0.3 is 5.32 Å². The van der Waals surface area contributed by atoms with Gasteiger partial charge in [0.25, 0.3) is 0 Å². The molecule has 1 N–H and O–H groups in total. The number of hydrogen-bond donors (Lipinski definition) is 1. The highest BCUT2D eigenvalue weighted by Gasteiger charge is 2.25. The Kier molecular flexibility index (Phi) is 4.23. The first kappa shape index (κ1) is 16.8. The van der Waals surface area contributed by atoms with Crippen molar-refractivity contribution in [3.05, 3.63) is 58.5 Å². The number of rotatable bonds is 3. The topological polar surface area (TPSA) is 59.8 Å². The van der Waals surface area contributed by atoms with Crippen molar-refractivity contribution >= 4 is 16.8 Å². The first-order valence-electron chi connectivity index (χ1n) is 9.19. The maximum atomic E-state index is 12.8. The highest BCUT2D eigenvalue weighted by Crippen LogP contribution is 2.29. The maximum Gasteiger partial charge on any atom is 0.224 e. The van der Waals surface area contributed by atoms with E-state index in [1.54, 1.807) is 0 Å². The summed E-state index contributed by atoms with van der Waals surface area (Å²) in [5.74, 6) is 0.0509. The zero-order valence-electron chi connectivity index (χ0n) is 15.5. The second-order valence-corrected chi connectivity index (χ2v) is 7.18. The number of nitrogens with zero attached hydrogens (tertiary/aromatic N) is 3. The number of carbonyl (C=O) groups is 1. The van der Waals surface area contributed by atoms with E-state index in [0.29, 0.717) is 6.42 Å². The van der Waals surface area contributed by atoms with Crippen molar-refractivity contribution in [2.24, 2.45) is 7.05 Å². The molecular weight excluding hydrogens is 324 g/mol. The van der Waals surface area contributed by atoms with E-state index in [2.05, 4.69) is 28.4 Å². The van der Waals surface area contributed by atoms with Crippen LogP contribution in [-0.4, -0.2) is 20.7 Å². The van der Waals surface area contributed by atoms with Gasteiger partial charge in [0.1, 0.15) is 0 Å². The third-order valence-corrected chi connectivity index (χ3v) is 5.53. The molecule has 1 atom stereocenters. The van der Waals surface area contributed by atoms with Gasteiger partial charge in [0.2, 0.25) is 5.91 Å². The second kappa shape index (κ2) is 6.56. The molecule has 26 heavy (non-hydrogen) atoms. The Morgan fingerprint density at radius 1 is 1.31 bits per heavy atom. The highest BCUT2D eigenvalue weighted by molar-refractivity contribution is 5.86. The first-order chi connectivity index (χ1) is 12.5. The smallest absolute Gasteiger partial charge is 0.224 e. The molecule has 5 heteroatoms. The van der Waals surface area contributed by atoms with Gasteiger partial charge in [0.05, 0.1) is 24.2 Å². The SMILES string of the molecule is Cc1nc2ccccc2c(C)c1CC(=O)NC1CCCc2c1cnn2C. The number of fused-ring (bicyclic) bond motifs is 2. The van der Waals surface area contributed by atoms with Crippen LogP contribution in [0.2, 0.25) is 0 Å². The molecule has 5 nitrogen and oxygen atoms in total. The largest absolute Gasteiger partial charge is 0.349 e. The summed E-state index contributed by atoms with van der Waals surface area (Å²) in [6, 6.07) is 8.17. The van der Waals surface area contributed by atoms with Gasteiger partial charge in [-0.05, 0) is 50.3 Å². The van der Waals surface area contributed by atoms with Gasteiger partial charge in [-0.15, -0.1) is 0 Å². The van der Waals surface area contributed by atoms with Gasteiger partial charge in [-0.1, -0.05) is 18.2 Å². The Hall–Kier alpha value is -2.69. The van der Waals surface area contributed by atoms with Crippen molar-refractivity contribution in [3.8, 4) is 0 Å². The van der Waals surface area contributed by atoms with Crippen LogP contribution in [0.25, 0.3) is 10.9 Å². The van der Waals surface area contributed by atoms with Crippen LogP contribution in [-0.2, 0) is 24.7 Å². The number of nitrogens with one attached hydrogen (secondary N) is 1. The fourth-order valence-electron chi connectivity index (χ4n) is 4.09. The average molecular weight is 348 g/mol.